The van der Waals surface area contributed by atoms with Gasteiger partial charge in [0.25, 0.3) is 0 Å². The van der Waals surface area contributed by atoms with E-state index < -0.39 is 0 Å². The minimum absolute atomic E-state index is 0.444. The second kappa shape index (κ2) is 11.6. The van der Waals surface area contributed by atoms with Gasteiger partial charge in [-0.2, -0.15) is 0 Å². The summed E-state index contributed by atoms with van der Waals surface area (Å²) >= 11 is 0. The van der Waals surface area contributed by atoms with Crippen LogP contribution in [0.2, 0.25) is 0 Å². The van der Waals surface area contributed by atoms with E-state index in [1.165, 1.54) is 44.9 Å². The maximum atomic E-state index is 2.57. The average Bonchev–Trinajstić information content (AvgIpc) is 2.47. The van der Waals surface area contributed by atoms with Gasteiger partial charge in [0.2, 0.25) is 0 Å². The van der Waals surface area contributed by atoms with E-state index in [1.807, 2.05) is 0 Å². The van der Waals surface area contributed by atoms with Crippen molar-refractivity contribution >= 4 is 0 Å². The van der Waals surface area contributed by atoms with Crippen molar-refractivity contribution in [1.82, 2.24) is 0 Å². The molecule has 0 nitrogen and oxygen atoms in total. The first kappa shape index (κ1) is 24.0. The van der Waals surface area contributed by atoms with Crippen molar-refractivity contribution in [2.45, 2.75) is 114 Å². The molecule has 0 amide bonds. The van der Waals surface area contributed by atoms with Gasteiger partial charge in [0.15, 0.2) is 0 Å². The highest BCUT2D eigenvalue weighted by Gasteiger charge is 2.38. The maximum absolute atomic E-state index is 2.57. The van der Waals surface area contributed by atoms with Gasteiger partial charge in [0.1, 0.15) is 0 Å². The first-order valence-electron chi connectivity index (χ1n) is 11.1. The average molecular weight is 339 g/mol. The van der Waals surface area contributed by atoms with Gasteiger partial charge in [0.05, 0.1) is 0 Å². The second-order valence-corrected chi connectivity index (χ2v) is 10.0. The van der Waals surface area contributed by atoms with Crippen molar-refractivity contribution in [3.05, 3.63) is 0 Å². The largest absolute Gasteiger partial charge is 0.0654 e. The molecule has 0 aliphatic rings. The van der Waals surface area contributed by atoms with Crippen LogP contribution < -0.4 is 0 Å². The lowest BCUT2D eigenvalue weighted by molar-refractivity contribution is 0.0469. The molecule has 5 unspecified atom stereocenters. The third kappa shape index (κ3) is 7.92. The van der Waals surface area contributed by atoms with Crippen molar-refractivity contribution in [2.24, 2.45) is 40.9 Å². The topological polar surface area (TPSA) is 0 Å². The first-order valence-corrected chi connectivity index (χ1v) is 11.1. The smallest absolute Gasteiger partial charge is 0.0300 e. The summed E-state index contributed by atoms with van der Waals surface area (Å²) in [5, 5.41) is 0. The van der Waals surface area contributed by atoms with E-state index in [1.54, 1.807) is 0 Å². The Bertz CT molecular complexity index is 301. The highest BCUT2D eigenvalue weighted by atomic mass is 14.4. The third-order valence-corrected chi connectivity index (χ3v) is 7.17. The number of hydrogen-bond acceptors (Lipinski definition) is 0. The summed E-state index contributed by atoms with van der Waals surface area (Å²) in [6, 6.07) is 0. The van der Waals surface area contributed by atoms with E-state index in [4.69, 9.17) is 0 Å². The molecule has 0 aromatic rings. The van der Waals surface area contributed by atoms with E-state index in [9.17, 15) is 0 Å². The summed E-state index contributed by atoms with van der Waals surface area (Å²) in [6.45, 7) is 24.6. The molecule has 5 atom stereocenters. The van der Waals surface area contributed by atoms with E-state index in [0.29, 0.717) is 5.41 Å². The Kier molecular flexibility index (Phi) is 11.6. The van der Waals surface area contributed by atoms with E-state index in [-0.39, 0.29) is 0 Å². The molecule has 0 aliphatic heterocycles. The Morgan fingerprint density at radius 2 is 1.25 bits per heavy atom. The Labute approximate surface area is 155 Å². The second-order valence-electron chi connectivity index (χ2n) is 10.0. The Hall–Kier alpha value is 0. The Morgan fingerprint density at radius 3 is 1.71 bits per heavy atom. The highest BCUT2D eigenvalue weighted by Crippen LogP contribution is 2.46. The lowest BCUT2D eigenvalue weighted by atomic mass is 9.61. The lowest BCUT2D eigenvalue weighted by Crippen LogP contribution is -2.37. The summed E-state index contributed by atoms with van der Waals surface area (Å²) in [4.78, 5) is 0. The van der Waals surface area contributed by atoms with Gasteiger partial charge in [0, 0.05) is 0 Å². The van der Waals surface area contributed by atoms with Gasteiger partial charge in [-0.25, -0.2) is 0 Å². The fraction of sp³-hybridized carbons (Fsp3) is 1.00. The molecule has 0 heteroatoms. The van der Waals surface area contributed by atoms with Crippen LogP contribution in [-0.4, -0.2) is 0 Å². The zero-order valence-electron chi connectivity index (χ0n) is 18.9. The van der Waals surface area contributed by atoms with Crippen molar-refractivity contribution in [2.75, 3.05) is 0 Å². The van der Waals surface area contributed by atoms with Gasteiger partial charge >= 0.3 is 0 Å². The summed E-state index contributed by atoms with van der Waals surface area (Å²) < 4.78 is 0. The minimum Gasteiger partial charge on any atom is -0.0654 e. The van der Waals surface area contributed by atoms with Gasteiger partial charge in [-0.3, -0.25) is 0 Å². The van der Waals surface area contributed by atoms with Gasteiger partial charge in [-0.05, 0) is 53.8 Å². The fourth-order valence-electron chi connectivity index (χ4n) is 4.78. The lowest BCUT2D eigenvalue weighted by Gasteiger charge is -2.44. The summed E-state index contributed by atoms with van der Waals surface area (Å²) in [5.74, 6) is 5.07. The molecule has 0 saturated heterocycles. The molecular formula is C24H50. The van der Waals surface area contributed by atoms with E-state index >= 15 is 0 Å². The van der Waals surface area contributed by atoms with Crippen LogP contribution in [0.3, 0.4) is 0 Å². The maximum Gasteiger partial charge on any atom is -0.0300 e. The van der Waals surface area contributed by atoms with Crippen molar-refractivity contribution in [3.63, 3.8) is 0 Å². The predicted molar refractivity (Wildman–Crippen MR) is 112 cm³/mol. The van der Waals surface area contributed by atoms with E-state index in [2.05, 4.69) is 69.2 Å². The van der Waals surface area contributed by atoms with Crippen molar-refractivity contribution < 1.29 is 0 Å². The molecule has 0 saturated carbocycles. The summed E-state index contributed by atoms with van der Waals surface area (Å²) in [5.41, 5.74) is 0.444. The van der Waals surface area contributed by atoms with Crippen LogP contribution in [0, 0.1) is 40.9 Å². The van der Waals surface area contributed by atoms with Crippen LogP contribution in [0.15, 0.2) is 0 Å². The van der Waals surface area contributed by atoms with Gasteiger partial charge in [-0.15, -0.1) is 0 Å². The molecule has 0 bridgehead atoms. The van der Waals surface area contributed by atoms with E-state index in [0.717, 1.165) is 35.5 Å². The minimum atomic E-state index is 0.444. The Balaban J connectivity index is 5.14. The molecule has 0 spiro atoms. The standard InChI is InChI=1S/C24H50/c1-11-13-19(5)17-20(6)23(16-15-18(3)4)22(8)24(9,10)21(7)14-12-2/h18-23H,11-17H2,1-10H3. The molecule has 0 aliphatic carbocycles. The molecule has 0 aromatic carbocycles. The Morgan fingerprint density at radius 1 is 0.708 bits per heavy atom. The molecule has 24 heavy (non-hydrogen) atoms. The molecule has 0 radical (unpaired) electrons. The van der Waals surface area contributed by atoms with Crippen molar-refractivity contribution in [1.29, 1.82) is 0 Å². The molecular weight excluding hydrogens is 288 g/mol. The summed E-state index contributed by atoms with van der Waals surface area (Å²) in [7, 11) is 0. The molecule has 0 N–H and O–H groups in total. The third-order valence-electron chi connectivity index (χ3n) is 7.17. The van der Waals surface area contributed by atoms with Crippen LogP contribution in [0.4, 0.5) is 0 Å². The SMILES string of the molecule is CCCC(C)CC(C)C(CCC(C)C)C(C)C(C)(C)C(C)CCC. The van der Waals surface area contributed by atoms with Crippen LogP contribution in [0.1, 0.15) is 114 Å². The zero-order chi connectivity index (χ0) is 18.9. The quantitative estimate of drug-likeness (QED) is 0.315. The van der Waals surface area contributed by atoms with Crippen molar-refractivity contribution in [3.8, 4) is 0 Å². The van der Waals surface area contributed by atoms with Crippen LogP contribution in [-0.2, 0) is 0 Å². The molecule has 0 heterocycles. The molecule has 0 fully saturated rings. The highest BCUT2D eigenvalue weighted by molar-refractivity contribution is 4.87. The number of hydrogen-bond donors (Lipinski definition) is 0. The molecule has 146 valence electrons. The zero-order valence-corrected chi connectivity index (χ0v) is 18.9. The summed E-state index contributed by atoms with van der Waals surface area (Å²) in [6.07, 6.45) is 9.64. The van der Waals surface area contributed by atoms with Gasteiger partial charge < -0.3 is 0 Å². The van der Waals surface area contributed by atoms with Crippen LogP contribution in [0.25, 0.3) is 0 Å². The first-order chi connectivity index (χ1) is 11.1. The normalized spacial score (nSPS) is 19.1. The fourth-order valence-corrected chi connectivity index (χ4v) is 4.78. The van der Waals surface area contributed by atoms with Crippen LogP contribution >= 0.6 is 0 Å². The van der Waals surface area contributed by atoms with Crippen LogP contribution in [0.5, 0.6) is 0 Å². The van der Waals surface area contributed by atoms with Gasteiger partial charge in [-0.1, -0.05) is 101 Å². The molecule has 0 aromatic heterocycles. The monoisotopic (exact) mass is 338 g/mol. The molecule has 0 rings (SSSR count). The number of rotatable bonds is 13. The predicted octanol–water partition coefficient (Wildman–Crippen LogP) is 8.60.